The molecule has 2 rings (SSSR count). The number of nitrogens with zero attached hydrogens (tertiary/aromatic N) is 1. The molecule has 3 heteroatoms. The minimum Gasteiger partial charge on any atom is -0.353 e. The van der Waals surface area contributed by atoms with Crippen LogP contribution >= 0.6 is 0 Å². The molecule has 0 amide bonds. The van der Waals surface area contributed by atoms with Crippen LogP contribution in [0.3, 0.4) is 0 Å². The molecule has 0 saturated heterocycles. The molecule has 1 unspecified atom stereocenters. The van der Waals surface area contributed by atoms with Crippen LogP contribution in [0, 0.1) is 5.92 Å². The predicted molar refractivity (Wildman–Crippen MR) is 73.3 cm³/mol. The second-order valence-electron chi connectivity index (χ2n) is 4.61. The summed E-state index contributed by atoms with van der Waals surface area (Å²) in [6, 6.07) is 8.56. The average molecular weight is 231 g/mol. The Labute approximate surface area is 103 Å². The number of para-hydroxylation sites is 2. The van der Waals surface area contributed by atoms with Crippen molar-refractivity contribution in [3.63, 3.8) is 0 Å². The van der Waals surface area contributed by atoms with Gasteiger partial charge in [0.25, 0.3) is 0 Å². The zero-order valence-electron chi connectivity index (χ0n) is 10.8. The maximum atomic E-state index is 4.54. The van der Waals surface area contributed by atoms with Gasteiger partial charge in [-0.3, -0.25) is 0 Å². The van der Waals surface area contributed by atoms with Crippen molar-refractivity contribution in [2.75, 3.05) is 5.32 Å². The monoisotopic (exact) mass is 231 g/mol. The first kappa shape index (κ1) is 12.0. The summed E-state index contributed by atoms with van der Waals surface area (Å²) in [5.41, 5.74) is 2.11. The Balaban J connectivity index is 2.12. The average Bonchev–Trinajstić information content (AvgIpc) is 2.72. The second-order valence-corrected chi connectivity index (χ2v) is 4.61. The van der Waals surface area contributed by atoms with Crippen molar-refractivity contribution in [3.8, 4) is 0 Å². The summed E-state index contributed by atoms with van der Waals surface area (Å²) in [7, 11) is 0. The summed E-state index contributed by atoms with van der Waals surface area (Å²) < 4.78 is 0. The van der Waals surface area contributed by atoms with Gasteiger partial charge in [0.15, 0.2) is 0 Å². The highest BCUT2D eigenvalue weighted by molar-refractivity contribution is 5.77. The van der Waals surface area contributed by atoms with Crippen molar-refractivity contribution in [2.24, 2.45) is 5.92 Å². The quantitative estimate of drug-likeness (QED) is 0.821. The third kappa shape index (κ3) is 2.60. The van der Waals surface area contributed by atoms with Crippen LogP contribution in [0.5, 0.6) is 0 Å². The van der Waals surface area contributed by atoms with Crippen molar-refractivity contribution < 1.29 is 0 Å². The molecule has 17 heavy (non-hydrogen) atoms. The van der Waals surface area contributed by atoms with E-state index in [1.165, 1.54) is 12.8 Å². The molecule has 0 saturated carbocycles. The Morgan fingerprint density at radius 2 is 1.94 bits per heavy atom. The van der Waals surface area contributed by atoms with E-state index in [-0.39, 0.29) is 0 Å². The molecular formula is C14H21N3. The normalized spacial score (nSPS) is 13.2. The Bertz CT molecular complexity index is 438. The van der Waals surface area contributed by atoms with Gasteiger partial charge < -0.3 is 10.3 Å². The molecule has 0 spiro atoms. The summed E-state index contributed by atoms with van der Waals surface area (Å²) >= 11 is 0. The first-order valence-electron chi connectivity index (χ1n) is 6.45. The van der Waals surface area contributed by atoms with Gasteiger partial charge in [-0.05, 0) is 25.0 Å². The molecule has 2 aromatic rings. The molecular weight excluding hydrogens is 210 g/mol. The second kappa shape index (κ2) is 5.21. The SMILES string of the molecule is CCC(CC)C(C)Nc1nc2ccccc2[nH]1. The number of imidazole rings is 1. The fourth-order valence-electron chi connectivity index (χ4n) is 2.35. The highest BCUT2D eigenvalue weighted by Gasteiger charge is 2.14. The third-order valence-corrected chi connectivity index (χ3v) is 3.51. The molecule has 0 bridgehead atoms. The minimum atomic E-state index is 0.450. The first-order valence-corrected chi connectivity index (χ1v) is 6.45. The van der Waals surface area contributed by atoms with E-state index in [4.69, 9.17) is 0 Å². The molecule has 0 aliphatic rings. The van der Waals surface area contributed by atoms with Crippen LogP contribution in [0.15, 0.2) is 24.3 Å². The number of aromatic amines is 1. The minimum absolute atomic E-state index is 0.450. The van der Waals surface area contributed by atoms with E-state index in [0.29, 0.717) is 12.0 Å². The third-order valence-electron chi connectivity index (χ3n) is 3.51. The molecule has 1 aromatic carbocycles. The Kier molecular flexibility index (Phi) is 3.67. The molecule has 0 fully saturated rings. The van der Waals surface area contributed by atoms with Gasteiger partial charge in [-0.1, -0.05) is 38.8 Å². The molecule has 1 atom stereocenters. The first-order chi connectivity index (χ1) is 8.24. The maximum Gasteiger partial charge on any atom is 0.201 e. The highest BCUT2D eigenvalue weighted by atomic mass is 15.1. The number of rotatable bonds is 5. The van der Waals surface area contributed by atoms with Crippen molar-refractivity contribution in [3.05, 3.63) is 24.3 Å². The topological polar surface area (TPSA) is 40.7 Å². The molecule has 0 aliphatic carbocycles. The van der Waals surface area contributed by atoms with Crippen LogP contribution in [0.1, 0.15) is 33.6 Å². The van der Waals surface area contributed by atoms with Crippen molar-refractivity contribution in [1.82, 2.24) is 9.97 Å². The lowest BCUT2D eigenvalue weighted by atomic mass is 9.96. The van der Waals surface area contributed by atoms with E-state index in [2.05, 4.69) is 42.1 Å². The molecule has 1 heterocycles. The van der Waals surface area contributed by atoms with Crippen LogP contribution in [-0.2, 0) is 0 Å². The van der Waals surface area contributed by atoms with E-state index >= 15 is 0 Å². The number of hydrogen-bond acceptors (Lipinski definition) is 2. The van der Waals surface area contributed by atoms with Gasteiger partial charge in [0.1, 0.15) is 0 Å². The number of anilines is 1. The van der Waals surface area contributed by atoms with Gasteiger partial charge in [-0.2, -0.15) is 0 Å². The van der Waals surface area contributed by atoms with E-state index in [9.17, 15) is 0 Å². The molecule has 3 nitrogen and oxygen atoms in total. The number of aromatic nitrogens is 2. The van der Waals surface area contributed by atoms with Crippen LogP contribution in [0.25, 0.3) is 11.0 Å². The Morgan fingerprint density at radius 3 is 2.59 bits per heavy atom. The predicted octanol–water partition coefficient (Wildman–Crippen LogP) is 3.80. The lowest BCUT2D eigenvalue weighted by Crippen LogP contribution is -2.25. The van der Waals surface area contributed by atoms with E-state index in [0.717, 1.165) is 17.0 Å². The van der Waals surface area contributed by atoms with Gasteiger partial charge in [-0.25, -0.2) is 4.98 Å². The summed E-state index contributed by atoms with van der Waals surface area (Å²) in [6.07, 6.45) is 2.40. The lowest BCUT2D eigenvalue weighted by Gasteiger charge is -2.21. The van der Waals surface area contributed by atoms with Gasteiger partial charge >= 0.3 is 0 Å². The zero-order valence-corrected chi connectivity index (χ0v) is 10.8. The van der Waals surface area contributed by atoms with E-state index < -0.39 is 0 Å². The van der Waals surface area contributed by atoms with Crippen LogP contribution in [0.4, 0.5) is 5.95 Å². The summed E-state index contributed by atoms with van der Waals surface area (Å²) in [5, 5.41) is 3.47. The van der Waals surface area contributed by atoms with Crippen molar-refractivity contribution in [1.29, 1.82) is 0 Å². The molecule has 0 radical (unpaired) electrons. The molecule has 2 N–H and O–H groups in total. The Hall–Kier alpha value is -1.51. The van der Waals surface area contributed by atoms with E-state index in [1.54, 1.807) is 0 Å². The van der Waals surface area contributed by atoms with E-state index in [1.807, 2.05) is 18.2 Å². The molecule has 1 aromatic heterocycles. The number of H-pyrrole nitrogens is 1. The zero-order chi connectivity index (χ0) is 12.3. The van der Waals surface area contributed by atoms with Gasteiger partial charge in [-0.15, -0.1) is 0 Å². The summed E-state index contributed by atoms with van der Waals surface area (Å²) in [4.78, 5) is 7.84. The smallest absolute Gasteiger partial charge is 0.201 e. The molecule has 92 valence electrons. The summed E-state index contributed by atoms with van der Waals surface area (Å²) in [6.45, 7) is 6.71. The fraction of sp³-hybridized carbons (Fsp3) is 0.500. The largest absolute Gasteiger partial charge is 0.353 e. The van der Waals surface area contributed by atoms with Crippen molar-refractivity contribution in [2.45, 2.75) is 39.7 Å². The lowest BCUT2D eigenvalue weighted by molar-refractivity contribution is 0.436. The maximum absolute atomic E-state index is 4.54. The number of fused-ring (bicyclic) bond motifs is 1. The van der Waals surface area contributed by atoms with Gasteiger partial charge in [0.05, 0.1) is 11.0 Å². The van der Waals surface area contributed by atoms with Gasteiger partial charge in [0, 0.05) is 6.04 Å². The molecule has 0 aliphatic heterocycles. The number of hydrogen-bond donors (Lipinski definition) is 2. The Morgan fingerprint density at radius 1 is 1.24 bits per heavy atom. The number of benzene rings is 1. The number of nitrogens with one attached hydrogen (secondary N) is 2. The van der Waals surface area contributed by atoms with Crippen LogP contribution < -0.4 is 5.32 Å². The van der Waals surface area contributed by atoms with Gasteiger partial charge in [0.2, 0.25) is 5.95 Å². The highest BCUT2D eigenvalue weighted by Crippen LogP contribution is 2.18. The fourth-order valence-corrected chi connectivity index (χ4v) is 2.35. The standard InChI is InChI=1S/C14H21N3/c1-4-11(5-2)10(3)15-14-16-12-8-6-7-9-13(12)17-14/h6-11H,4-5H2,1-3H3,(H2,15,16,17). The summed E-state index contributed by atoms with van der Waals surface area (Å²) in [5.74, 6) is 1.58. The van der Waals surface area contributed by atoms with Crippen molar-refractivity contribution >= 4 is 17.0 Å². The van der Waals surface area contributed by atoms with Crippen LogP contribution in [-0.4, -0.2) is 16.0 Å². The van der Waals surface area contributed by atoms with Crippen LogP contribution in [0.2, 0.25) is 0 Å².